The first-order valence-corrected chi connectivity index (χ1v) is 10.5. The number of aryl methyl sites for hydroxylation is 3. The molecule has 3 aromatic rings. The maximum absolute atomic E-state index is 12.6. The minimum Gasteiger partial charge on any atom is -0.461 e. The van der Waals surface area contributed by atoms with E-state index in [4.69, 9.17) is 8.94 Å². The van der Waals surface area contributed by atoms with Gasteiger partial charge >= 0.3 is 0 Å². The summed E-state index contributed by atoms with van der Waals surface area (Å²) in [6.45, 7) is 9.80. The van der Waals surface area contributed by atoms with E-state index in [1.54, 1.807) is 18.4 Å². The number of hydrogen-bond donors (Lipinski definition) is 0. The first-order valence-electron chi connectivity index (χ1n) is 10.5. The predicted octanol–water partition coefficient (Wildman–Crippen LogP) is 3.78. The first kappa shape index (κ1) is 20.3. The molecular formula is C23H28N4O3. The van der Waals surface area contributed by atoms with Gasteiger partial charge < -0.3 is 13.8 Å². The van der Waals surface area contributed by atoms with Crippen molar-refractivity contribution in [2.24, 2.45) is 0 Å². The van der Waals surface area contributed by atoms with E-state index >= 15 is 0 Å². The van der Waals surface area contributed by atoms with Crippen LogP contribution in [0, 0.1) is 13.8 Å². The van der Waals surface area contributed by atoms with E-state index in [9.17, 15) is 4.79 Å². The minimum absolute atomic E-state index is 0.131. The zero-order valence-corrected chi connectivity index (χ0v) is 17.8. The molecule has 0 saturated carbocycles. The zero-order valence-electron chi connectivity index (χ0n) is 17.8. The molecule has 1 aliphatic rings. The Hall–Kier alpha value is -2.93. The fraction of sp³-hybridized carbons (Fsp3) is 0.435. The molecule has 0 bridgehead atoms. The summed E-state index contributed by atoms with van der Waals surface area (Å²) in [5.41, 5.74) is 3.98. The van der Waals surface area contributed by atoms with Gasteiger partial charge in [0.2, 0.25) is 17.6 Å². The van der Waals surface area contributed by atoms with Gasteiger partial charge in [-0.15, -0.1) is 0 Å². The largest absolute Gasteiger partial charge is 0.461 e. The van der Waals surface area contributed by atoms with Crippen molar-refractivity contribution in [1.29, 1.82) is 0 Å². The molecule has 1 unspecified atom stereocenters. The molecule has 2 aromatic heterocycles. The fourth-order valence-electron chi connectivity index (χ4n) is 4.08. The van der Waals surface area contributed by atoms with Gasteiger partial charge in [0.05, 0.1) is 6.26 Å². The van der Waals surface area contributed by atoms with Gasteiger partial charge in [-0.3, -0.25) is 9.69 Å². The highest BCUT2D eigenvalue weighted by molar-refractivity contribution is 5.76. The van der Waals surface area contributed by atoms with Crippen LogP contribution in [0.1, 0.15) is 42.0 Å². The molecule has 1 amide bonds. The Morgan fingerprint density at radius 2 is 1.97 bits per heavy atom. The van der Waals surface area contributed by atoms with Gasteiger partial charge in [-0.1, -0.05) is 28.9 Å². The number of aromatic nitrogens is 2. The van der Waals surface area contributed by atoms with Crippen molar-refractivity contribution in [3.63, 3.8) is 0 Å². The van der Waals surface area contributed by atoms with Crippen LogP contribution in [0.2, 0.25) is 0 Å². The van der Waals surface area contributed by atoms with E-state index in [1.807, 2.05) is 4.90 Å². The second kappa shape index (κ2) is 8.83. The molecule has 1 atom stereocenters. The van der Waals surface area contributed by atoms with Crippen LogP contribution in [-0.4, -0.2) is 52.0 Å². The van der Waals surface area contributed by atoms with Gasteiger partial charge in [-0.2, -0.15) is 4.98 Å². The normalized spacial score (nSPS) is 16.0. The quantitative estimate of drug-likeness (QED) is 0.618. The van der Waals surface area contributed by atoms with Crippen molar-refractivity contribution in [2.75, 3.05) is 26.2 Å². The van der Waals surface area contributed by atoms with E-state index in [0.29, 0.717) is 36.4 Å². The lowest BCUT2D eigenvalue weighted by atomic mass is 9.98. The summed E-state index contributed by atoms with van der Waals surface area (Å²) < 4.78 is 10.5. The standard InChI is InChI=1S/C23H28N4O3/c1-16-6-7-19(17(2)15-16)18(3)26-10-12-27(13-11-26)22(28)9-8-21-24-23(25-30-21)20-5-4-14-29-20/h4-7,14-15,18H,8-13H2,1-3H3. The van der Waals surface area contributed by atoms with Crippen molar-refractivity contribution < 1.29 is 13.7 Å². The SMILES string of the molecule is Cc1ccc(C(C)N2CCN(C(=O)CCc3nc(-c4ccco4)no3)CC2)c(C)c1. The van der Waals surface area contributed by atoms with Crippen LogP contribution in [0.15, 0.2) is 45.5 Å². The van der Waals surface area contributed by atoms with Gasteiger partial charge in [0, 0.05) is 45.1 Å². The number of amides is 1. The van der Waals surface area contributed by atoms with Gasteiger partial charge in [-0.05, 0) is 44.0 Å². The minimum atomic E-state index is 0.131. The Morgan fingerprint density at radius 1 is 1.17 bits per heavy atom. The van der Waals surface area contributed by atoms with Crippen LogP contribution >= 0.6 is 0 Å². The van der Waals surface area contributed by atoms with Crippen LogP contribution in [0.5, 0.6) is 0 Å². The van der Waals surface area contributed by atoms with Gasteiger partial charge in [0.25, 0.3) is 0 Å². The van der Waals surface area contributed by atoms with Crippen LogP contribution < -0.4 is 0 Å². The van der Waals surface area contributed by atoms with Crippen LogP contribution in [0.4, 0.5) is 0 Å². The number of carbonyl (C=O) groups excluding carboxylic acids is 1. The third kappa shape index (κ3) is 4.46. The van der Waals surface area contributed by atoms with Crippen molar-refractivity contribution in [2.45, 2.75) is 39.7 Å². The Balaban J connectivity index is 1.27. The van der Waals surface area contributed by atoms with Gasteiger partial charge in [-0.25, -0.2) is 0 Å². The Bertz CT molecular complexity index is 988. The first-order chi connectivity index (χ1) is 14.5. The van der Waals surface area contributed by atoms with Crippen molar-refractivity contribution in [1.82, 2.24) is 19.9 Å². The summed E-state index contributed by atoms with van der Waals surface area (Å²) in [6.07, 6.45) is 2.37. The van der Waals surface area contributed by atoms with E-state index in [2.05, 4.69) is 54.0 Å². The number of nitrogens with zero attached hydrogens (tertiary/aromatic N) is 4. The predicted molar refractivity (Wildman–Crippen MR) is 113 cm³/mol. The maximum atomic E-state index is 12.6. The van der Waals surface area contributed by atoms with E-state index < -0.39 is 0 Å². The molecule has 3 heterocycles. The lowest BCUT2D eigenvalue weighted by Crippen LogP contribution is -2.49. The number of benzene rings is 1. The van der Waals surface area contributed by atoms with E-state index in [0.717, 1.165) is 26.2 Å². The number of hydrogen-bond acceptors (Lipinski definition) is 6. The van der Waals surface area contributed by atoms with E-state index in [-0.39, 0.29) is 5.91 Å². The molecular weight excluding hydrogens is 380 g/mol. The molecule has 1 aromatic carbocycles. The Kier molecular flexibility index (Phi) is 5.99. The topological polar surface area (TPSA) is 75.6 Å². The second-order valence-electron chi connectivity index (χ2n) is 7.94. The molecule has 0 N–H and O–H groups in total. The summed E-state index contributed by atoms with van der Waals surface area (Å²) in [4.78, 5) is 21.3. The number of rotatable bonds is 6. The highest BCUT2D eigenvalue weighted by Crippen LogP contribution is 2.25. The molecule has 1 fully saturated rings. The lowest BCUT2D eigenvalue weighted by molar-refractivity contribution is -0.133. The zero-order chi connectivity index (χ0) is 21.1. The number of piperazine rings is 1. The smallest absolute Gasteiger partial charge is 0.238 e. The highest BCUT2D eigenvalue weighted by Gasteiger charge is 2.25. The summed E-state index contributed by atoms with van der Waals surface area (Å²) >= 11 is 0. The molecule has 7 heteroatoms. The number of carbonyl (C=O) groups is 1. The monoisotopic (exact) mass is 408 g/mol. The third-order valence-electron chi connectivity index (χ3n) is 5.85. The molecule has 7 nitrogen and oxygen atoms in total. The molecule has 0 spiro atoms. The van der Waals surface area contributed by atoms with Crippen molar-refractivity contribution in [3.8, 4) is 11.6 Å². The highest BCUT2D eigenvalue weighted by atomic mass is 16.5. The van der Waals surface area contributed by atoms with E-state index in [1.165, 1.54) is 16.7 Å². The molecule has 158 valence electrons. The fourth-order valence-corrected chi connectivity index (χ4v) is 4.08. The van der Waals surface area contributed by atoms with Crippen LogP contribution in [-0.2, 0) is 11.2 Å². The van der Waals surface area contributed by atoms with Crippen LogP contribution in [0.3, 0.4) is 0 Å². The molecule has 4 rings (SSSR count). The summed E-state index contributed by atoms with van der Waals surface area (Å²) in [6, 6.07) is 10.5. The molecule has 30 heavy (non-hydrogen) atoms. The van der Waals surface area contributed by atoms with Crippen molar-refractivity contribution in [3.05, 3.63) is 59.2 Å². The summed E-state index contributed by atoms with van der Waals surface area (Å²) in [5, 5.41) is 3.91. The Labute approximate surface area is 176 Å². The van der Waals surface area contributed by atoms with Gasteiger partial charge in [0.1, 0.15) is 0 Å². The summed E-state index contributed by atoms with van der Waals surface area (Å²) in [7, 11) is 0. The second-order valence-corrected chi connectivity index (χ2v) is 7.94. The average molecular weight is 409 g/mol. The molecule has 0 aliphatic carbocycles. The molecule has 1 saturated heterocycles. The maximum Gasteiger partial charge on any atom is 0.238 e. The molecule has 0 radical (unpaired) electrons. The van der Waals surface area contributed by atoms with Crippen molar-refractivity contribution >= 4 is 5.91 Å². The summed E-state index contributed by atoms with van der Waals surface area (Å²) in [5.74, 6) is 1.56. The third-order valence-corrected chi connectivity index (χ3v) is 5.85. The lowest BCUT2D eigenvalue weighted by Gasteiger charge is -2.38. The Morgan fingerprint density at radius 3 is 2.67 bits per heavy atom. The van der Waals surface area contributed by atoms with Gasteiger partial charge in [0.15, 0.2) is 5.76 Å². The van der Waals surface area contributed by atoms with Crippen LogP contribution in [0.25, 0.3) is 11.6 Å². The average Bonchev–Trinajstić information content (AvgIpc) is 3.43. The molecule has 1 aliphatic heterocycles. The number of furan rings is 1.